The first-order valence-electron chi connectivity index (χ1n) is 5.86. The van der Waals surface area contributed by atoms with Gasteiger partial charge in [0.05, 0.1) is 4.47 Å². The highest BCUT2D eigenvalue weighted by Gasteiger charge is 2.09. The van der Waals surface area contributed by atoms with Crippen LogP contribution in [0.5, 0.6) is 0 Å². The van der Waals surface area contributed by atoms with Crippen LogP contribution in [0.1, 0.15) is 20.3 Å². The standard InChI is InChI=1S/C11H19BrN4OS/c1-4-13-11-14-7-9(12)10(16-11)15-8(2)5-6-18(3)17/h7-8H,4-6H2,1-3H3,(H2,13,14,15,16). The Kier molecular flexibility index (Phi) is 6.56. The van der Waals surface area contributed by atoms with E-state index >= 15 is 0 Å². The van der Waals surface area contributed by atoms with Crippen LogP contribution in [0.15, 0.2) is 10.7 Å². The predicted octanol–water partition coefficient (Wildman–Crippen LogP) is 2.24. The lowest BCUT2D eigenvalue weighted by molar-refractivity contribution is 0.678. The van der Waals surface area contributed by atoms with Crippen molar-refractivity contribution in [1.82, 2.24) is 9.97 Å². The largest absolute Gasteiger partial charge is 0.366 e. The molecule has 0 bridgehead atoms. The molecule has 7 heteroatoms. The molecule has 0 radical (unpaired) electrons. The molecule has 0 saturated carbocycles. The second-order valence-electron chi connectivity index (χ2n) is 4.03. The number of anilines is 2. The number of hydrogen-bond acceptors (Lipinski definition) is 5. The molecule has 1 heterocycles. The summed E-state index contributed by atoms with van der Waals surface area (Å²) in [7, 11) is -0.754. The van der Waals surface area contributed by atoms with E-state index in [1.807, 2.05) is 13.8 Å². The van der Waals surface area contributed by atoms with E-state index in [2.05, 4.69) is 36.5 Å². The molecule has 0 spiro atoms. The first-order chi connectivity index (χ1) is 8.52. The Bertz CT molecular complexity index is 416. The average molecular weight is 335 g/mol. The summed E-state index contributed by atoms with van der Waals surface area (Å²) in [6.45, 7) is 4.83. The van der Waals surface area contributed by atoms with Crippen LogP contribution in [0.25, 0.3) is 0 Å². The van der Waals surface area contributed by atoms with Crippen molar-refractivity contribution in [2.45, 2.75) is 26.3 Å². The van der Waals surface area contributed by atoms with Gasteiger partial charge in [0.1, 0.15) is 5.82 Å². The molecule has 1 aromatic heterocycles. The van der Waals surface area contributed by atoms with Gasteiger partial charge in [-0.1, -0.05) is 0 Å². The Morgan fingerprint density at radius 3 is 2.89 bits per heavy atom. The molecule has 0 amide bonds. The van der Waals surface area contributed by atoms with Gasteiger partial charge in [0.25, 0.3) is 0 Å². The van der Waals surface area contributed by atoms with Gasteiger partial charge in [0.15, 0.2) is 0 Å². The van der Waals surface area contributed by atoms with Gasteiger partial charge in [-0.25, -0.2) is 4.98 Å². The second-order valence-corrected chi connectivity index (χ2v) is 6.44. The summed E-state index contributed by atoms with van der Waals surface area (Å²) in [5.41, 5.74) is 0. The van der Waals surface area contributed by atoms with Crippen LogP contribution < -0.4 is 10.6 Å². The fourth-order valence-corrected chi connectivity index (χ4v) is 2.35. The Morgan fingerprint density at radius 1 is 1.56 bits per heavy atom. The summed E-state index contributed by atoms with van der Waals surface area (Å²) in [5.74, 6) is 2.06. The summed E-state index contributed by atoms with van der Waals surface area (Å²) in [5, 5.41) is 6.36. The molecule has 2 N–H and O–H groups in total. The number of rotatable bonds is 7. The van der Waals surface area contributed by atoms with Crippen molar-refractivity contribution in [3.63, 3.8) is 0 Å². The summed E-state index contributed by atoms with van der Waals surface area (Å²) in [6.07, 6.45) is 4.28. The lowest BCUT2D eigenvalue weighted by atomic mass is 10.2. The third-order valence-electron chi connectivity index (χ3n) is 2.30. The zero-order valence-corrected chi connectivity index (χ0v) is 13.3. The minimum Gasteiger partial charge on any atom is -0.366 e. The van der Waals surface area contributed by atoms with Gasteiger partial charge in [-0.15, -0.1) is 0 Å². The van der Waals surface area contributed by atoms with Crippen LogP contribution in [0, 0.1) is 0 Å². The number of hydrogen-bond donors (Lipinski definition) is 2. The summed E-state index contributed by atoms with van der Waals surface area (Å²) in [6, 6.07) is 0.217. The second kappa shape index (κ2) is 7.68. The molecule has 0 aliphatic rings. The maximum absolute atomic E-state index is 11.0. The van der Waals surface area contributed by atoms with Crippen LogP contribution in [-0.2, 0) is 10.8 Å². The molecule has 0 saturated heterocycles. The molecule has 102 valence electrons. The van der Waals surface area contributed by atoms with Crippen molar-refractivity contribution in [2.75, 3.05) is 29.2 Å². The molecular formula is C11H19BrN4OS. The van der Waals surface area contributed by atoms with E-state index < -0.39 is 10.8 Å². The fourth-order valence-electron chi connectivity index (χ4n) is 1.36. The van der Waals surface area contributed by atoms with Crippen molar-refractivity contribution in [3.8, 4) is 0 Å². The van der Waals surface area contributed by atoms with E-state index in [4.69, 9.17) is 0 Å². The maximum atomic E-state index is 11.0. The molecule has 5 nitrogen and oxygen atoms in total. The topological polar surface area (TPSA) is 66.9 Å². The van der Waals surface area contributed by atoms with E-state index in [-0.39, 0.29) is 6.04 Å². The first-order valence-corrected chi connectivity index (χ1v) is 8.38. The number of nitrogens with one attached hydrogen (secondary N) is 2. The number of nitrogens with zero attached hydrogens (tertiary/aromatic N) is 2. The molecule has 0 fully saturated rings. The monoisotopic (exact) mass is 334 g/mol. The molecule has 1 rings (SSSR count). The van der Waals surface area contributed by atoms with Gasteiger partial charge >= 0.3 is 0 Å². The molecule has 0 aliphatic heterocycles. The summed E-state index contributed by atoms with van der Waals surface area (Å²) < 4.78 is 11.9. The minimum atomic E-state index is -0.754. The molecule has 1 aromatic rings. The number of halogens is 1. The van der Waals surface area contributed by atoms with Gasteiger partial charge in [-0.05, 0) is 36.2 Å². The van der Waals surface area contributed by atoms with Gasteiger partial charge in [-0.3, -0.25) is 4.21 Å². The lowest BCUT2D eigenvalue weighted by Crippen LogP contribution is -2.19. The van der Waals surface area contributed by atoms with Crippen molar-refractivity contribution >= 4 is 38.5 Å². The van der Waals surface area contributed by atoms with Crippen molar-refractivity contribution < 1.29 is 4.21 Å². The minimum absolute atomic E-state index is 0.217. The molecule has 2 unspecified atom stereocenters. The van der Waals surface area contributed by atoms with Crippen molar-refractivity contribution in [2.24, 2.45) is 0 Å². The zero-order chi connectivity index (χ0) is 13.5. The highest BCUT2D eigenvalue weighted by Crippen LogP contribution is 2.21. The SMILES string of the molecule is CCNc1ncc(Br)c(NC(C)CCS(C)=O)n1. The Labute approximate surface area is 119 Å². The quantitative estimate of drug-likeness (QED) is 0.800. The van der Waals surface area contributed by atoms with E-state index in [0.29, 0.717) is 11.7 Å². The van der Waals surface area contributed by atoms with E-state index in [0.717, 1.165) is 23.3 Å². The first kappa shape index (κ1) is 15.4. The lowest BCUT2D eigenvalue weighted by Gasteiger charge is -2.15. The van der Waals surface area contributed by atoms with Crippen LogP contribution in [0.4, 0.5) is 11.8 Å². The molecule has 0 aromatic carbocycles. The highest BCUT2D eigenvalue weighted by molar-refractivity contribution is 9.10. The van der Waals surface area contributed by atoms with Crippen LogP contribution in [-0.4, -0.2) is 38.8 Å². The van der Waals surface area contributed by atoms with E-state index in [1.165, 1.54) is 0 Å². The van der Waals surface area contributed by atoms with Crippen molar-refractivity contribution in [3.05, 3.63) is 10.7 Å². The Morgan fingerprint density at radius 2 is 2.28 bits per heavy atom. The van der Waals surface area contributed by atoms with Crippen LogP contribution >= 0.6 is 15.9 Å². The molecule has 2 atom stereocenters. The molecule has 18 heavy (non-hydrogen) atoms. The summed E-state index contributed by atoms with van der Waals surface area (Å²) >= 11 is 3.41. The normalized spacial score (nSPS) is 14.0. The van der Waals surface area contributed by atoms with Gasteiger partial charge < -0.3 is 10.6 Å². The van der Waals surface area contributed by atoms with Gasteiger partial charge in [-0.2, -0.15) is 4.98 Å². The molecular weight excluding hydrogens is 316 g/mol. The summed E-state index contributed by atoms with van der Waals surface area (Å²) in [4.78, 5) is 8.53. The average Bonchev–Trinajstić information content (AvgIpc) is 2.31. The van der Waals surface area contributed by atoms with Gasteiger partial charge in [0.2, 0.25) is 5.95 Å². The Balaban J connectivity index is 2.64. The van der Waals surface area contributed by atoms with Crippen LogP contribution in [0.2, 0.25) is 0 Å². The third-order valence-corrected chi connectivity index (χ3v) is 3.69. The smallest absolute Gasteiger partial charge is 0.224 e. The van der Waals surface area contributed by atoms with Gasteiger partial charge in [0, 0.05) is 41.6 Å². The maximum Gasteiger partial charge on any atom is 0.224 e. The van der Waals surface area contributed by atoms with E-state index in [9.17, 15) is 4.21 Å². The molecule has 0 aliphatic carbocycles. The third kappa shape index (κ3) is 5.30. The van der Waals surface area contributed by atoms with E-state index in [1.54, 1.807) is 12.5 Å². The fraction of sp³-hybridized carbons (Fsp3) is 0.636. The predicted molar refractivity (Wildman–Crippen MR) is 80.5 cm³/mol. The highest BCUT2D eigenvalue weighted by atomic mass is 79.9. The Hall–Kier alpha value is -0.690. The number of aromatic nitrogens is 2. The van der Waals surface area contributed by atoms with Crippen molar-refractivity contribution in [1.29, 1.82) is 0 Å². The zero-order valence-electron chi connectivity index (χ0n) is 10.9. The van der Waals surface area contributed by atoms with Crippen LogP contribution in [0.3, 0.4) is 0 Å².